The molecule has 4 nitrogen and oxygen atoms in total. The zero-order chi connectivity index (χ0) is 11.4. The minimum absolute atomic E-state index is 0.574. The van der Waals surface area contributed by atoms with Gasteiger partial charge in [-0.25, -0.2) is 4.79 Å². The summed E-state index contributed by atoms with van der Waals surface area (Å²) in [5, 5.41) is 19.1. The maximum atomic E-state index is 11.0. The maximum absolute atomic E-state index is 11.0. The van der Waals surface area contributed by atoms with Crippen LogP contribution in [0.1, 0.15) is 22.8 Å². The van der Waals surface area contributed by atoms with Gasteiger partial charge in [0, 0.05) is 9.75 Å². The number of thiophene rings is 1. The molecule has 0 aromatic carbocycles. The number of carbonyl (C=O) groups is 1. The molecule has 0 aliphatic heterocycles. The molecule has 0 amide bonds. The molecular weight excluding hydrogens is 216 g/mol. The first-order valence-corrected chi connectivity index (χ1v) is 5.44. The Bertz CT molecular complexity index is 334. The Kier molecular flexibility index (Phi) is 4.26. The van der Waals surface area contributed by atoms with Crippen LogP contribution < -0.4 is 0 Å². The molecule has 0 fully saturated rings. The molecule has 0 spiro atoms. The second-order valence-corrected chi connectivity index (χ2v) is 4.27. The zero-order valence-corrected chi connectivity index (χ0v) is 9.45. The first-order chi connectivity index (χ1) is 7.10. The number of carbonyl (C=O) groups excluding carboxylic acids is 1. The lowest BCUT2D eigenvalue weighted by atomic mass is 10.2. The summed E-state index contributed by atoms with van der Waals surface area (Å²) in [5.41, 5.74) is 0. The van der Waals surface area contributed by atoms with Gasteiger partial charge in [0.2, 0.25) is 0 Å². The van der Waals surface area contributed by atoms with Crippen molar-refractivity contribution in [1.82, 2.24) is 0 Å². The monoisotopic (exact) mass is 230 g/mol. The highest BCUT2D eigenvalue weighted by atomic mass is 32.1. The van der Waals surface area contributed by atoms with Crippen LogP contribution in [0.15, 0.2) is 12.1 Å². The highest BCUT2D eigenvalue weighted by Crippen LogP contribution is 2.26. The van der Waals surface area contributed by atoms with Gasteiger partial charge >= 0.3 is 5.97 Å². The minimum atomic E-state index is -1.52. The third-order valence-corrected chi connectivity index (χ3v) is 3.36. The van der Waals surface area contributed by atoms with Crippen molar-refractivity contribution in [1.29, 1.82) is 0 Å². The second kappa shape index (κ2) is 5.25. The smallest absolute Gasteiger partial charge is 0.337 e. The molecule has 2 atom stereocenters. The predicted octanol–water partition coefficient (Wildman–Crippen LogP) is 0.878. The Morgan fingerprint density at radius 3 is 2.67 bits per heavy atom. The number of aliphatic hydroxyl groups excluding tert-OH is 2. The first-order valence-electron chi connectivity index (χ1n) is 4.62. The molecule has 15 heavy (non-hydrogen) atoms. The van der Waals surface area contributed by atoms with Gasteiger partial charge in [-0.3, -0.25) is 0 Å². The molecule has 84 valence electrons. The van der Waals surface area contributed by atoms with Crippen LogP contribution in [0.4, 0.5) is 0 Å². The molecule has 2 N–H and O–H groups in total. The SMILES string of the molecule is CCc1ccc(C(O)C(O)C(=O)OC)s1. The van der Waals surface area contributed by atoms with Crippen molar-refractivity contribution >= 4 is 17.3 Å². The summed E-state index contributed by atoms with van der Waals surface area (Å²) in [7, 11) is 1.17. The summed E-state index contributed by atoms with van der Waals surface area (Å²) in [6, 6.07) is 3.58. The number of hydrogen-bond acceptors (Lipinski definition) is 5. The summed E-state index contributed by atoms with van der Waals surface area (Å²) in [4.78, 5) is 12.6. The fourth-order valence-electron chi connectivity index (χ4n) is 1.15. The largest absolute Gasteiger partial charge is 0.467 e. The maximum Gasteiger partial charge on any atom is 0.337 e. The van der Waals surface area contributed by atoms with Gasteiger partial charge in [-0.2, -0.15) is 0 Å². The van der Waals surface area contributed by atoms with Crippen molar-refractivity contribution in [2.45, 2.75) is 25.6 Å². The predicted molar refractivity (Wildman–Crippen MR) is 56.7 cm³/mol. The third-order valence-electron chi connectivity index (χ3n) is 2.06. The fourth-order valence-corrected chi connectivity index (χ4v) is 2.12. The number of esters is 1. The highest BCUT2D eigenvalue weighted by molar-refractivity contribution is 7.12. The van der Waals surface area contributed by atoms with Crippen LogP contribution in [0.25, 0.3) is 0 Å². The highest BCUT2D eigenvalue weighted by Gasteiger charge is 2.27. The van der Waals surface area contributed by atoms with Crippen LogP contribution in [0, 0.1) is 0 Å². The minimum Gasteiger partial charge on any atom is -0.467 e. The van der Waals surface area contributed by atoms with E-state index < -0.39 is 18.2 Å². The van der Waals surface area contributed by atoms with Crippen LogP contribution in [-0.4, -0.2) is 29.4 Å². The van der Waals surface area contributed by atoms with Gasteiger partial charge in [0.05, 0.1) is 7.11 Å². The number of ether oxygens (including phenoxy) is 1. The van der Waals surface area contributed by atoms with Gasteiger partial charge < -0.3 is 14.9 Å². The number of rotatable bonds is 4. The molecule has 0 bridgehead atoms. The number of aliphatic hydroxyl groups is 2. The van der Waals surface area contributed by atoms with Crippen LogP contribution in [0.3, 0.4) is 0 Å². The standard InChI is InChI=1S/C10H14O4S/c1-3-6-4-5-7(15-6)8(11)9(12)10(13)14-2/h4-5,8-9,11-12H,3H2,1-2H3. The Labute approximate surface area is 92.1 Å². The second-order valence-electron chi connectivity index (χ2n) is 3.07. The summed E-state index contributed by atoms with van der Waals surface area (Å²) in [5.74, 6) is -0.825. The normalized spacial score (nSPS) is 14.7. The van der Waals surface area contributed by atoms with Gasteiger partial charge in [-0.05, 0) is 18.6 Å². The molecule has 0 aliphatic rings. The van der Waals surface area contributed by atoms with E-state index in [1.165, 1.54) is 18.4 Å². The van der Waals surface area contributed by atoms with Gasteiger partial charge in [0.1, 0.15) is 6.10 Å². The molecule has 1 aromatic heterocycles. The van der Waals surface area contributed by atoms with Crippen molar-refractivity contribution < 1.29 is 19.7 Å². The van der Waals surface area contributed by atoms with E-state index in [9.17, 15) is 15.0 Å². The molecule has 0 radical (unpaired) electrons. The van der Waals surface area contributed by atoms with Gasteiger partial charge in [-0.15, -0.1) is 11.3 Å². The molecule has 0 saturated heterocycles. The Morgan fingerprint density at radius 2 is 2.20 bits per heavy atom. The van der Waals surface area contributed by atoms with Crippen molar-refractivity contribution in [3.05, 3.63) is 21.9 Å². The zero-order valence-electron chi connectivity index (χ0n) is 8.64. The molecule has 2 unspecified atom stereocenters. The molecular formula is C10H14O4S. The summed E-state index contributed by atoms with van der Waals surface area (Å²) in [6.07, 6.45) is -1.85. The van der Waals surface area contributed by atoms with E-state index in [-0.39, 0.29) is 0 Å². The molecule has 5 heteroatoms. The van der Waals surface area contributed by atoms with Crippen LogP contribution >= 0.6 is 11.3 Å². The average molecular weight is 230 g/mol. The van der Waals surface area contributed by atoms with E-state index in [4.69, 9.17) is 0 Å². The quantitative estimate of drug-likeness (QED) is 0.753. The summed E-state index contributed by atoms with van der Waals surface area (Å²) in [6.45, 7) is 2.00. The van der Waals surface area contributed by atoms with Gasteiger partial charge in [0.15, 0.2) is 6.10 Å². The first kappa shape index (κ1) is 12.2. The lowest BCUT2D eigenvalue weighted by Gasteiger charge is -2.13. The molecule has 0 saturated carbocycles. The number of methoxy groups -OCH3 is 1. The topological polar surface area (TPSA) is 66.8 Å². The van der Waals surface area contributed by atoms with E-state index in [2.05, 4.69) is 4.74 Å². The fraction of sp³-hybridized carbons (Fsp3) is 0.500. The van der Waals surface area contributed by atoms with Crippen molar-refractivity contribution in [3.8, 4) is 0 Å². The van der Waals surface area contributed by atoms with Gasteiger partial charge in [0.25, 0.3) is 0 Å². The lowest BCUT2D eigenvalue weighted by molar-refractivity contribution is -0.156. The van der Waals surface area contributed by atoms with E-state index in [0.29, 0.717) is 4.88 Å². The summed E-state index contributed by atoms with van der Waals surface area (Å²) >= 11 is 1.38. The van der Waals surface area contributed by atoms with Crippen molar-refractivity contribution in [3.63, 3.8) is 0 Å². The lowest BCUT2D eigenvalue weighted by Crippen LogP contribution is -2.28. The Hall–Kier alpha value is -0.910. The van der Waals surface area contributed by atoms with Gasteiger partial charge in [-0.1, -0.05) is 6.92 Å². The average Bonchev–Trinajstić information content (AvgIpc) is 2.74. The van der Waals surface area contributed by atoms with Crippen LogP contribution in [-0.2, 0) is 16.0 Å². The Morgan fingerprint density at radius 1 is 1.53 bits per heavy atom. The van der Waals surface area contributed by atoms with E-state index in [1.807, 2.05) is 13.0 Å². The van der Waals surface area contributed by atoms with E-state index in [0.717, 1.165) is 11.3 Å². The van der Waals surface area contributed by atoms with Crippen LogP contribution in [0.2, 0.25) is 0 Å². The molecule has 1 heterocycles. The molecule has 0 aliphatic carbocycles. The molecule has 1 rings (SSSR count). The van der Waals surface area contributed by atoms with E-state index >= 15 is 0 Å². The van der Waals surface area contributed by atoms with E-state index in [1.54, 1.807) is 6.07 Å². The number of aryl methyl sites for hydroxylation is 1. The van der Waals surface area contributed by atoms with Crippen LogP contribution in [0.5, 0.6) is 0 Å². The van der Waals surface area contributed by atoms with Crippen molar-refractivity contribution in [2.75, 3.05) is 7.11 Å². The summed E-state index contributed by atoms with van der Waals surface area (Å²) < 4.78 is 4.34. The molecule has 1 aromatic rings. The Balaban J connectivity index is 2.75. The number of hydrogen-bond donors (Lipinski definition) is 2. The van der Waals surface area contributed by atoms with Crippen molar-refractivity contribution in [2.24, 2.45) is 0 Å². The third kappa shape index (κ3) is 2.77.